The summed E-state index contributed by atoms with van der Waals surface area (Å²) < 4.78 is 0. The number of benzene rings is 2. The Morgan fingerprint density at radius 2 is 1.93 bits per heavy atom. The first kappa shape index (κ1) is 7.51. The molecule has 0 aliphatic carbocycles. The van der Waals surface area contributed by atoms with E-state index in [0.29, 0.717) is 0 Å². The third-order valence-corrected chi connectivity index (χ3v) is 2.45. The number of aromatic nitrogens is 1. The summed E-state index contributed by atoms with van der Waals surface area (Å²) in [6.45, 7) is 0. The Labute approximate surface area is 82.0 Å². The second-order valence-corrected chi connectivity index (χ2v) is 3.30. The third-order valence-electron chi connectivity index (χ3n) is 2.45. The van der Waals surface area contributed by atoms with Crippen LogP contribution in [0.2, 0.25) is 0 Å². The summed E-state index contributed by atoms with van der Waals surface area (Å²) in [4.78, 5) is 4.10. The standard InChI is InChI=1S/C13H8N/c1-2-4-12-10(3-1)5-6-11-9-14-8-7-13(11)12/h1-4,6-9H. The molecular weight excluding hydrogens is 170 g/mol. The molecule has 1 aromatic heterocycles. The SMILES string of the molecule is [c]1cc2cnccc2c2ccccc12. The van der Waals surface area contributed by atoms with Crippen molar-refractivity contribution in [1.82, 2.24) is 4.98 Å². The smallest absolute Gasteiger partial charge is 0.0346 e. The van der Waals surface area contributed by atoms with E-state index in [1.54, 1.807) is 0 Å². The van der Waals surface area contributed by atoms with Crippen molar-refractivity contribution in [2.45, 2.75) is 0 Å². The molecule has 1 nitrogen and oxygen atoms in total. The summed E-state index contributed by atoms with van der Waals surface area (Å²) in [7, 11) is 0. The van der Waals surface area contributed by atoms with Gasteiger partial charge in [0.05, 0.1) is 0 Å². The van der Waals surface area contributed by atoms with Crippen molar-refractivity contribution < 1.29 is 0 Å². The summed E-state index contributed by atoms with van der Waals surface area (Å²) in [6, 6.07) is 15.6. The molecule has 14 heavy (non-hydrogen) atoms. The minimum atomic E-state index is 1.14. The maximum atomic E-state index is 4.10. The molecule has 0 fully saturated rings. The van der Waals surface area contributed by atoms with Gasteiger partial charge in [0.15, 0.2) is 0 Å². The Balaban J connectivity index is 2.61. The molecule has 0 N–H and O–H groups in total. The Morgan fingerprint density at radius 1 is 1.00 bits per heavy atom. The van der Waals surface area contributed by atoms with Gasteiger partial charge in [0.1, 0.15) is 0 Å². The molecule has 0 saturated heterocycles. The molecule has 0 amide bonds. The normalized spacial score (nSPS) is 10.9. The average molecular weight is 178 g/mol. The van der Waals surface area contributed by atoms with Crippen molar-refractivity contribution in [3.8, 4) is 0 Å². The van der Waals surface area contributed by atoms with Gasteiger partial charge in [0.25, 0.3) is 0 Å². The van der Waals surface area contributed by atoms with Gasteiger partial charge in [-0.15, -0.1) is 0 Å². The zero-order valence-electron chi connectivity index (χ0n) is 7.57. The van der Waals surface area contributed by atoms with E-state index in [9.17, 15) is 0 Å². The summed E-state index contributed by atoms with van der Waals surface area (Å²) >= 11 is 0. The van der Waals surface area contributed by atoms with E-state index < -0.39 is 0 Å². The highest BCUT2D eigenvalue weighted by atomic mass is 14.6. The number of hydrogen-bond acceptors (Lipinski definition) is 1. The predicted molar refractivity (Wildman–Crippen MR) is 58.1 cm³/mol. The first-order valence-corrected chi connectivity index (χ1v) is 4.58. The highest BCUT2D eigenvalue weighted by molar-refractivity contribution is 6.06. The van der Waals surface area contributed by atoms with Gasteiger partial charge in [0, 0.05) is 17.8 Å². The molecule has 1 radical (unpaired) electrons. The van der Waals surface area contributed by atoms with Gasteiger partial charge in [-0.1, -0.05) is 24.3 Å². The molecule has 0 unspecified atom stereocenters. The number of nitrogens with zero attached hydrogens (tertiary/aromatic N) is 1. The zero-order chi connectivity index (χ0) is 9.38. The minimum absolute atomic E-state index is 1.14. The summed E-state index contributed by atoms with van der Waals surface area (Å²) in [5, 5.41) is 4.79. The van der Waals surface area contributed by atoms with Gasteiger partial charge in [-0.3, -0.25) is 4.98 Å². The molecule has 3 aromatic rings. The van der Waals surface area contributed by atoms with E-state index in [4.69, 9.17) is 0 Å². The third kappa shape index (κ3) is 0.990. The lowest BCUT2D eigenvalue weighted by Crippen LogP contribution is -1.78. The van der Waals surface area contributed by atoms with Gasteiger partial charge in [0.2, 0.25) is 0 Å². The van der Waals surface area contributed by atoms with Crippen molar-refractivity contribution in [2.75, 3.05) is 0 Å². The van der Waals surface area contributed by atoms with E-state index in [2.05, 4.69) is 29.2 Å². The topological polar surface area (TPSA) is 12.9 Å². The molecule has 1 heteroatoms. The van der Waals surface area contributed by atoms with Crippen molar-refractivity contribution in [2.24, 2.45) is 0 Å². The number of pyridine rings is 1. The predicted octanol–water partition coefficient (Wildman–Crippen LogP) is 3.19. The first-order chi connectivity index (χ1) is 6.95. The molecule has 3 rings (SSSR count). The van der Waals surface area contributed by atoms with Crippen LogP contribution in [0.1, 0.15) is 0 Å². The van der Waals surface area contributed by atoms with Crippen LogP contribution in [0.15, 0.2) is 48.8 Å². The molecular formula is C13H8N. The van der Waals surface area contributed by atoms with E-state index >= 15 is 0 Å². The number of hydrogen-bond donors (Lipinski definition) is 0. The minimum Gasteiger partial charge on any atom is -0.264 e. The number of fused-ring (bicyclic) bond motifs is 3. The summed E-state index contributed by atoms with van der Waals surface area (Å²) in [5.74, 6) is 0. The molecule has 1 heterocycles. The maximum absolute atomic E-state index is 4.10. The van der Waals surface area contributed by atoms with Crippen LogP contribution >= 0.6 is 0 Å². The van der Waals surface area contributed by atoms with E-state index in [1.165, 1.54) is 10.8 Å². The lowest BCUT2D eigenvalue weighted by Gasteiger charge is -2.01. The van der Waals surface area contributed by atoms with Gasteiger partial charge in [-0.05, 0) is 34.4 Å². The van der Waals surface area contributed by atoms with E-state index in [-0.39, 0.29) is 0 Å². The Bertz CT molecular complexity index is 544. The van der Waals surface area contributed by atoms with Crippen LogP contribution in [0.4, 0.5) is 0 Å². The highest BCUT2D eigenvalue weighted by Gasteiger charge is 1.98. The molecule has 0 spiro atoms. The lowest BCUT2D eigenvalue weighted by molar-refractivity contribution is 1.37. The van der Waals surface area contributed by atoms with Crippen molar-refractivity contribution in [1.29, 1.82) is 0 Å². The van der Waals surface area contributed by atoms with E-state index in [0.717, 1.165) is 10.8 Å². The van der Waals surface area contributed by atoms with Gasteiger partial charge >= 0.3 is 0 Å². The molecule has 0 bridgehead atoms. The zero-order valence-corrected chi connectivity index (χ0v) is 7.57. The van der Waals surface area contributed by atoms with Crippen LogP contribution < -0.4 is 0 Å². The second kappa shape index (κ2) is 2.81. The Morgan fingerprint density at radius 3 is 2.93 bits per heavy atom. The van der Waals surface area contributed by atoms with E-state index in [1.807, 2.05) is 30.6 Å². The second-order valence-electron chi connectivity index (χ2n) is 3.30. The summed E-state index contributed by atoms with van der Waals surface area (Å²) in [6.07, 6.45) is 3.70. The van der Waals surface area contributed by atoms with Crippen LogP contribution in [0.5, 0.6) is 0 Å². The van der Waals surface area contributed by atoms with Gasteiger partial charge < -0.3 is 0 Å². The highest BCUT2D eigenvalue weighted by Crippen LogP contribution is 2.23. The fourth-order valence-electron chi connectivity index (χ4n) is 1.77. The van der Waals surface area contributed by atoms with Crippen LogP contribution in [0.3, 0.4) is 0 Å². The van der Waals surface area contributed by atoms with Crippen LogP contribution in [-0.4, -0.2) is 4.98 Å². The van der Waals surface area contributed by atoms with Crippen molar-refractivity contribution in [3.05, 3.63) is 54.9 Å². The number of rotatable bonds is 0. The Hall–Kier alpha value is -1.89. The molecule has 0 saturated carbocycles. The van der Waals surface area contributed by atoms with Gasteiger partial charge in [-0.25, -0.2) is 0 Å². The fourth-order valence-corrected chi connectivity index (χ4v) is 1.77. The molecule has 0 aliphatic heterocycles. The summed E-state index contributed by atoms with van der Waals surface area (Å²) in [5.41, 5.74) is 0. The lowest BCUT2D eigenvalue weighted by atomic mass is 10.0. The average Bonchev–Trinajstić information content (AvgIpc) is 2.29. The van der Waals surface area contributed by atoms with Crippen LogP contribution in [0, 0.1) is 6.07 Å². The first-order valence-electron chi connectivity index (χ1n) is 4.58. The molecule has 2 aromatic carbocycles. The van der Waals surface area contributed by atoms with Gasteiger partial charge in [-0.2, -0.15) is 0 Å². The molecule has 0 aliphatic rings. The molecule has 0 atom stereocenters. The fraction of sp³-hybridized carbons (Fsp3) is 0. The maximum Gasteiger partial charge on any atom is 0.0346 e. The Kier molecular flexibility index (Phi) is 1.51. The van der Waals surface area contributed by atoms with Crippen molar-refractivity contribution >= 4 is 21.5 Å². The monoisotopic (exact) mass is 178 g/mol. The van der Waals surface area contributed by atoms with Crippen LogP contribution in [0.25, 0.3) is 21.5 Å². The van der Waals surface area contributed by atoms with Crippen LogP contribution in [-0.2, 0) is 0 Å². The quantitative estimate of drug-likeness (QED) is 0.482. The molecule has 65 valence electrons. The van der Waals surface area contributed by atoms with Crippen molar-refractivity contribution in [3.63, 3.8) is 0 Å². The largest absolute Gasteiger partial charge is 0.264 e.